The van der Waals surface area contributed by atoms with Gasteiger partial charge in [-0.1, -0.05) is 18.3 Å². The van der Waals surface area contributed by atoms with Crippen LogP contribution in [-0.2, 0) is 0 Å². The highest BCUT2D eigenvalue weighted by molar-refractivity contribution is 7.80. The molecule has 3 N–H and O–H groups in total. The highest BCUT2D eigenvalue weighted by Crippen LogP contribution is 2.34. The van der Waals surface area contributed by atoms with Gasteiger partial charge in [0.1, 0.15) is 0 Å². The molecule has 1 saturated carbocycles. The molecule has 86 valence electrons. The molecular formula is C13H13N3S. The summed E-state index contributed by atoms with van der Waals surface area (Å²) in [5.74, 6) is 0. The van der Waals surface area contributed by atoms with Crippen molar-refractivity contribution in [1.82, 2.24) is 4.98 Å². The van der Waals surface area contributed by atoms with Gasteiger partial charge in [0, 0.05) is 23.5 Å². The van der Waals surface area contributed by atoms with Crippen molar-refractivity contribution in [3.05, 3.63) is 36.7 Å². The molecule has 1 aromatic carbocycles. The molecule has 1 aliphatic rings. The number of nitrogens with zero attached hydrogens (tertiary/aromatic N) is 1. The molecule has 1 aliphatic carbocycles. The third-order valence-corrected chi connectivity index (χ3v) is 3.65. The predicted octanol–water partition coefficient (Wildman–Crippen LogP) is 2.47. The van der Waals surface area contributed by atoms with E-state index in [1.54, 1.807) is 6.20 Å². The van der Waals surface area contributed by atoms with Crippen LogP contribution < -0.4 is 11.1 Å². The van der Waals surface area contributed by atoms with Gasteiger partial charge in [0.25, 0.3) is 0 Å². The van der Waals surface area contributed by atoms with E-state index in [2.05, 4.69) is 16.4 Å². The number of hydrogen-bond acceptors (Lipinski definition) is 3. The van der Waals surface area contributed by atoms with Crippen molar-refractivity contribution in [3.63, 3.8) is 0 Å². The first-order valence-corrected chi connectivity index (χ1v) is 6.02. The summed E-state index contributed by atoms with van der Waals surface area (Å²) in [6, 6.07) is 8.08. The summed E-state index contributed by atoms with van der Waals surface area (Å²) in [4.78, 5) is 4.83. The molecule has 0 saturated heterocycles. The zero-order chi connectivity index (χ0) is 11.9. The fraction of sp³-hybridized carbons (Fsp3) is 0.231. The molecule has 1 aromatic heterocycles. The van der Waals surface area contributed by atoms with E-state index in [1.807, 2.05) is 24.4 Å². The molecule has 0 bridgehead atoms. The second kappa shape index (κ2) is 3.75. The van der Waals surface area contributed by atoms with Crippen LogP contribution in [0.25, 0.3) is 10.8 Å². The van der Waals surface area contributed by atoms with Gasteiger partial charge in [-0.2, -0.15) is 0 Å². The summed E-state index contributed by atoms with van der Waals surface area (Å²) in [6.07, 6.45) is 5.60. The lowest BCUT2D eigenvalue weighted by Gasteiger charge is -2.13. The molecule has 0 spiro atoms. The van der Waals surface area contributed by atoms with Gasteiger partial charge in [-0.3, -0.25) is 4.98 Å². The van der Waals surface area contributed by atoms with Crippen molar-refractivity contribution in [2.75, 3.05) is 5.32 Å². The number of nitrogens with two attached hydrogens (primary N) is 1. The molecule has 17 heavy (non-hydrogen) atoms. The Bertz CT molecular complexity index is 590. The zero-order valence-corrected chi connectivity index (χ0v) is 10.1. The minimum atomic E-state index is -0.261. The Morgan fingerprint density at radius 2 is 2.12 bits per heavy atom. The average molecular weight is 243 g/mol. The standard InChI is InChI=1S/C13H13N3S/c14-13(4-5-13)12(17)16-11-2-1-10-8-15-6-3-9(10)7-11/h1-3,6-8H,4-5,14H2,(H,16,17). The molecule has 0 unspecified atom stereocenters. The first kappa shape index (κ1) is 10.6. The van der Waals surface area contributed by atoms with Crippen molar-refractivity contribution in [2.45, 2.75) is 18.4 Å². The van der Waals surface area contributed by atoms with Gasteiger partial charge >= 0.3 is 0 Å². The van der Waals surface area contributed by atoms with Crippen LogP contribution in [0.1, 0.15) is 12.8 Å². The molecule has 3 nitrogen and oxygen atoms in total. The number of thiocarbonyl (C=S) groups is 1. The van der Waals surface area contributed by atoms with E-state index in [-0.39, 0.29) is 5.54 Å². The van der Waals surface area contributed by atoms with E-state index >= 15 is 0 Å². The summed E-state index contributed by atoms with van der Waals surface area (Å²) >= 11 is 5.31. The Kier molecular flexibility index (Phi) is 2.34. The van der Waals surface area contributed by atoms with Crippen molar-refractivity contribution in [1.29, 1.82) is 0 Å². The lowest BCUT2D eigenvalue weighted by atomic mass is 10.1. The lowest BCUT2D eigenvalue weighted by molar-refractivity contribution is 0.920. The van der Waals surface area contributed by atoms with E-state index in [0.29, 0.717) is 0 Å². The molecule has 4 heteroatoms. The van der Waals surface area contributed by atoms with Gasteiger partial charge in [0.2, 0.25) is 0 Å². The lowest BCUT2D eigenvalue weighted by Crippen LogP contribution is -2.36. The van der Waals surface area contributed by atoms with Crippen molar-refractivity contribution in [3.8, 4) is 0 Å². The minimum Gasteiger partial charge on any atom is -0.348 e. The van der Waals surface area contributed by atoms with E-state index in [4.69, 9.17) is 18.0 Å². The molecule has 1 fully saturated rings. The number of rotatable bonds is 2. The van der Waals surface area contributed by atoms with Crippen LogP contribution in [0, 0.1) is 0 Å². The summed E-state index contributed by atoms with van der Waals surface area (Å²) in [6.45, 7) is 0. The van der Waals surface area contributed by atoms with Crippen molar-refractivity contribution < 1.29 is 0 Å². The largest absolute Gasteiger partial charge is 0.348 e. The second-order valence-corrected chi connectivity index (χ2v) is 4.96. The number of hydrogen-bond donors (Lipinski definition) is 2. The van der Waals surface area contributed by atoms with Crippen LogP contribution in [0.5, 0.6) is 0 Å². The molecular weight excluding hydrogens is 230 g/mol. The number of nitrogens with one attached hydrogen (secondary N) is 1. The maximum absolute atomic E-state index is 6.04. The molecule has 0 atom stereocenters. The SMILES string of the molecule is NC1(C(=S)Nc2ccc3cnccc3c2)CC1. The van der Waals surface area contributed by atoms with Crippen molar-refractivity contribution >= 4 is 33.7 Å². The van der Waals surface area contributed by atoms with Gasteiger partial charge in [-0.15, -0.1) is 0 Å². The normalized spacial score (nSPS) is 16.8. The van der Waals surface area contributed by atoms with Gasteiger partial charge in [0.05, 0.1) is 10.5 Å². The summed E-state index contributed by atoms with van der Waals surface area (Å²) < 4.78 is 0. The molecule has 0 aliphatic heterocycles. The first-order valence-electron chi connectivity index (χ1n) is 5.62. The fourth-order valence-electron chi connectivity index (χ4n) is 1.78. The molecule has 3 rings (SSSR count). The number of fused-ring (bicyclic) bond motifs is 1. The van der Waals surface area contributed by atoms with Crippen LogP contribution >= 0.6 is 12.2 Å². The third kappa shape index (κ3) is 2.01. The number of anilines is 1. The number of aromatic nitrogens is 1. The van der Waals surface area contributed by atoms with Gasteiger partial charge in [-0.25, -0.2) is 0 Å². The summed E-state index contributed by atoms with van der Waals surface area (Å²) in [5, 5.41) is 5.49. The van der Waals surface area contributed by atoms with E-state index in [1.165, 1.54) is 0 Å². The topological polar surface area (TPSA) is 50.9 Å². The Hall–Kier alpha value is -1.52. The Morgan fingerprint density at radius 3 is 2.88 bits per heavy atom. The smallest absolute Gasteiger partial charge is 0.0999 e. The molecule has 1 heterocycles. The maximum atomic E-state index is 6.04. The first-order chi connectivity index (χ1) is 8.17. The van der Waals surface area contributed by atoms with Crippen LogP contribution in [0.15, 0.2) is 36.7 Å². The summed E-state index contributed by atoms with van der Waals surface area (Å²) in [5.41, 5.74) is 6.77. The maximum Gasteiger partial charge on any atom is 0.0999 e. The van der Waals surface area contributed by atoms with E-state index < -0.39 is 0 Å². The number of pyridine rings is 1. The van der Waals surface area contributed by atoms with Crippen LogP contribution in [0.3, 0.4) is 0 Å². The van der Waals surface area contributed by atoms with Crippen LogP contribution in [-0.4, -0.2) is 15.5 Å². The Balaban J connectivity index is 1.88. The second-order valence-electron chi connectivity index (χ2n) is 4.55. The highest BCUT2D eigenvalue weighted by Gasteiger charge is 2.42. The Morgan fingerprint density at radius 1 is 1.29 bits per heavy atom. The summed E-state index contributed by atoms with van der Waals surface area (Å²) in [7, 11) is 0. The third-order valence-electron chi connectivity index (χ3n) is 3.14. The van der Waals surface area contributed by atoms with Crippen LogP contribution in [0.2, 0.25) is 0 Å². The van der Waals surface area contributed by atoms with Crippen molar-refractivity contribution in [2.24, 2.45) is 5.73 Å². The highest BCUT2D eigenvalue weighted by atomic mass is 32.1. The Labute approximate surface area is 105 Å². The van der Waals surface area contributed by atoms with E-state index in [9.17, 15) is 0 Å². The van der Waals surface area contributed by atoms with Gasteiger partial charge in [-0.05, 0) is 36.4 Å². The average Bonchev–Trinajstić information content (AvgIpc) is 3.09. The van der Waals surface area contributed by atoms with Gasteiger partial charge in [0.15, 0.2) is 0 Å². The van der Waals surface area contributed by atoms with Gasteiger partial charge < -0.3 is 11.1 Å². The predicted molar refractivity (Wildman–Crippen MR) is 74.1 cm³/mol. The van der Waals surface area contributed by atoms with E-state index in [0.717, 1.165) is 34.3 Å². The minimum absolute atomic E-state index is 0.261. The quantitative estimate of drug-likeness (QED) is 0.796. The molecule has 2 aromatic rings. The van der Waals surface area contributed by atoms with Crippen LogP contribution in [0.4, 0.5) is 5.69 Å². The molecule has 0 radical (unpaired) electrons. The molecule has 0 amide bonds. The monoisotopic (exact) mass is 243 g/mol. The fourth-order valence-corrected chi connectivity index (χ4v) is 2.10. The number of benzene rings is 1. The zero-order valence-electron chi connectivity index (χ0n) is 9.31.